The minimum atomic E-state index is -0.481. The Morgan fingerprint density at radius 1 is 1.32 bits per heavy atom. The zero-order valence-corrected chi connectivity index (χ0v) is 11.9. The minimum Gasteiger partial charge on any atom is -0.508 e. The number of aryl methyl sites for hydroxylation is 1. The molecule has 3 N–H and O–H groups in total. The van der Waals surface area contributed by atoms with Crippen LogP contribution >= 0.6 is 0 Å². The minimum absolute atomic E-state index is 0.245. The lowest BCUT2D eigenvalue weighted by Crippen LogP contribution is -2.35. The highest BCUT2D eigenvalue weighted by atomic mass is 16.6. The van der Waals surface area contributed by atoms with E-state index < -0.39 is 11.7 Å². The van der Waals surface area contributed by atoms with Gasteiger partial charge >= 0.3 is 6.09 Å². The molecule has 0 aromatic heterocycles. The third-order valence-corrected chi connectivity index (χ3v) is 2.32. The highest BCUT2D eigenvalue weighted by Gasteiger charge is 2.15. The molecule has 1 rings (SSSR count). The number of phenolic OH excluding ortho intramolecular Hbond substituents is 1. The number of hydrogen-bond acceptors (Lipinski definition) is 4. The molecule has 1 aromatic carbocycles. The van der Waals surface area contributed by atoms with E-state index in [1.807, 2.05) is 27.7 Å². The Morgan fingerprint density at radius 3 is 2.58 bits per heavy atom. The molecule has 0 saturated carbocycles. The van der Waals surface area contributed by atoms with Crippen LogP contribution in [-0.4, -0.2) is 29.9 Å². The molecule has 106 valence electrons. The molecule has 19 heavy (non-hydrogen) atoms. The summed E-state index contributed by atoms with van der Waals surface area (Å²) in [6.45, 7) is 8.43. The van der Waals surface area contributed by atoms with Crippen LogP contribution in [0.25, 0.3) is 0 Å². The number of alkyl carbamates (subject to hydrolysis) is 1. The molecule has 0 unspecified atom stereocenters. The Hall–Kier alpha value is -1.91. The highest BCUT2D eigenvalue weighted by molar-refractivity contribution is 5.67. The van der Waals surface area contributed by atoms with Crippen molar-refractivity contribution in [3.05, 3.63) is 23.8 Å². The zero-order chi connectivity index (χ0) is 14.5. The van der Waals surface area contributed by atoms with Gasteiger partial charge in [0.15, 0.2) is 0 Å². The van der Waals surface area contributed by atoms with Gasteiger partial charge in [-0.15, -0.1) is 0 Å². The molecular formula is C14H22N2O3. The van der Waals surface area contributed by atoms with Crippen LogP contribution in [0.15, 0.2) is 18.2 Å². The van der Waals surface area contributed by atoms with Crippen molar-refractivity contribution in [1.82, 2.24) is 5.32 Å². The van der Waals surface area contributed by atoms with Crippen molar-refractivity contribution >= 4 is 11.8 Å². The number of carbonyl (C=O) groups excluding carboxylic acids is 1. The normalized spacial score (nSPS) is 10.9. The summed E-state index contributed by atoms with van der Waals surface area (Å²) in [6.07, 6.45) is -0.420. The van der Waals surface area contributed by atoms with Crippen LogP contribution in [0.5, 0.6) is 5.75 Å². The van der Waals surface area contributed by atoms with E-state index in [4.69, 9.17) is 4.74 Å². The fraction of sp³-hybridized carbons (Fsp3) is 0.500. The van der Waals surface area contributed by atoms with Gasteiger partial charge in [0.25, 0.3) is 0 Å². The summed E-state index contributed by atoms with van der Waals surface area (Å²) in [5, 5.41) is 15.1. The molecule has 5 nitrogen and oxygen atoms in total. The van der Waals surface area contributed by atoms with Crippen LogP contribution in [0.3, 0.4) is 0 Å². The topological polar surface area (TPSA) is 70.6 Å². The van der Waals surface area contributed by atoms with E-state index >= 15 is 0 Å². The fourth-order valence-electron chi connectivity index (χ4n) is 1.52. The van der Waals surface area contributed by atoms with E-state index in [-0.39, 0.29) is 5.75 Å². The highest BCUT2D eigenvalue weighted by Crippen LogP contribution is 2.19. The van der Waals surface area contributed by atoms with E-state index in [1.165, 1.54) is 0 Å². The summed E-state index contributed by atoms with van der Waals surface area (Å²) in [7, 11) is 0. The van der Waals surface area contributed by atoms with Crippen molar-refractivity contribution in [2.45, 2.75) is 33.3 Å². The van der Waals surface area contributed by atoms with E-state index in [0.29, 0.717) is 13.1 Å². The van der Waals surface area contributed by atoms with Gasteiger partial charge in [-0.2, -0.15) is 0 Å². The molecule has 0 bridgehead atoms. The lowest BCUT2D eigenvalue weighted by atomic mass is 10.2. The first kappa shape index (κ1) is 15.1. The van der Waals surface area contributed by atoms with Gasteiger partial charge < -0.3 is 20.5 Å². The number of aromatic hydroxyl groups is 1. The van der Waals surface area contributed by atoms with Crippen molar-refractivity contribution in [2.24, 2.45) is 0 Å². The van der Waals surface area contributed by atoms with Gasteiger partial charge in [0.2, 0.25) is 0 Å². The third-order valence-electron chi connectivity index (χ3n) is 2.32. The quantitative estimate of drug-likeness (QED) is 0.579. The summed E-state index contributed by atoms with van der Waals surface area (Å²) in [5.41, 5.74) is 1.41. The van der Waals surface area contributed by atoms with Crippen molar-refractivity contribution in [3.63, 3.8) is 0 Å². The van der Waals surface area contributed by atoms with Gasteiger partial charge in [-0.05, 0) is 51.5 Å². The summed E-state index contributed by atoms with van der Waals surface area (Å²) >= 11 is 0. The van der Waals surface area contributed by atoms with Gasteiger partial charge in [-0.25, -0.2) is 4.79 Å². The number of rotatable bonds is 4. The average Bonchev–Trinajstić information content (AvgIpc) is 2.24. The van der Waals surface area contributed by atoms with Gasteiger partial charge in [0, 0.05) is 18.8 Å². The number of phenols is 1. The molecule has 0 aliphatic carbocycles. The summed E-state index contributed by atoms with van der Waals surface area (Å²) in [6, 6.07) is 5.11. The second-order valence-electron chi connectivity index (χ2n) is 5.35. The monoisotopic (exact) mass is 266 g/mol. The van der Waals surface area contributed by atoms with Crippen molar-refractivity contribution in [3.8, 4) is 5.75 Å². The van der Waals surface area contributed by atoms with Crippen molar-refractivity contribution in [1.29, 1.82) is 0 Å². The van der Waals surface area contributed by atoms with Crippen LogP contribution in [-0.2, 0) is 4.74 Å². The molecule has 0 spiro atoms. The van der Waals surface area contributed by atoms with Crippen LogP contribution in [0.1, 0.15) is 26.3 Å². The second kappa shape index (κ2) is 6.31. The van der Waals surface area contributed by atoms with Crippen LogP contribution in [0, 0.1) is 6.92 Å². The fourth-order valence-corrected chi connectivity index (χ4v) is 1.52. The predicted molar refractivity (Wildman–Crippen MR) is 75.6 cm³/mol. The number of ether oxygens (including phenoxy) is 1. The molecule has 0 saturated heterocycles. The lowest BCUT2D eigenvalue weighted by Gasteiger charge is -2.19. The maximum atomic E-state index is 11.4. The molecule has 0 aliphatic heterocycles. The average molecular weight is 266 g/mol. The molecule has 0 radical (unpaired) electrons. The van der Waals surface area contributed by atoms with Gasteiger partial charge in [-0.3, -0.25) is 0 Å². The first-order valence-corrected chi connectivity index (χ1v) is 6.28. The molecule has 1 aromatic rings. The van der Waals surface area contributed by atoms with Crippen LogP contribution in [0.2, 0.25) is 0 Å². The standard InChI is InChI=1S/C14H22N2O3/c1-10-9-11(17)5-6-12(10)15-7-8-16-13(18)19-14(2,3)4/h5-6,9,15,17H,7-8H2,1-4H3,(H,16,18). The maximum Gasteiger partial charge on any atom is 0.407 e. The Labute approximate surface area is 114 Å². The van der Waals surface area contributed by atoms with Crippen molar-refractivity contribution in [2.75, 3.05) is 18.4 Å². The Morgan fingerprint density at radius 2 is 2.00 bits per heavy atom. The Kier molecular flexibility index (Phi) is 5.03. The SMILES string of the molecule is Cc1cc(O)ccc1NCCNC(=O)OC(C)(C)C. The van der Waals surface area contributed by atoms with E-state index in [2.05, 4.69) is 10.6 Å². The first-order valence-electron chi connectivity index (χ1n) is 6.28. The molecule has 1 amide bonds. The number of nitrogens with one attached hydrogen (secondary N) is 2. The molecule has 0 fully saturated rings. The lowest BCUT2D eigenvalue weighted by molar-refractivity contribution is 0.0530. The van der Waals surface area contributed by atoms with Crippen LogP contribution < -0.4 is 10.6 Å². The van der Waals surface area contributed by atoms with Gasteiger partial charge in [0.05, 0.1) is 0 Å². The van der Waals surface area contributed by atoms with E-state index in [1.54, 1.807) is 18.2 Å². The Balaban J connectivity index is 2.29. The molecule has 0 atom stereocenters. The van der Waals surface area contributed by atoms with Gasteiger partial charge in [0.1, 0.15) is 11.4 Å². The number of benzene rings is 1. The largest absolute Gasteiger partial charge is 0.508 e. The number of carbonyl (C=O) groups is 1. The van der Waals surface area contributed by atoms with Crippen molar-refractivity contribution < 1.29 is 14.6 Å². The number of hydrogen-bond donors (Lipinski definition) is 3. The number of anilines is 1. The molecule has 0 aliphatic rings. The van der Waals surface area contributed by atoms with E-state index in [0.717, 1.165) is 11.3 Å². The van der Waals surface area contributed by atoms with E-state index in [9.17, 15) is 9.90 Å². The predicted octanol–water partition coefficient (Wildman–Crippen LogP) is 2.64. The summed E-state index contributed by atoms with van der Waals surface area (Å²) in [5.74, 6) is 0.245. The zero-order valence-electron chi connectivity index (χ0n) is 11.9. The first-order chi connectivity index (χ1) is 8.78. The third kappa shape index (κ3) is 5.99. The smallest absolute Gasteiger partial charge is 0.407 e. The summed E-state index contributed by atoms with van der Waals surface area (Å²) < 4.78 is 5.12. The molecule has 5 heteroatoms. The molecular weight excluding hydrogens is 244 g/mol. The summed E-state index contributed by atoms with van der Waals surface area (Å²) in [4.78, 5) is 11.4. The maximum absolute atomic E-state index is 11.4. The Bertz CT molecular complexity index is 439. The van der Waals surface area contributed by atoms with Crippen LogP contribution in [0.4, 0.5) is 10.5 Å². The van der Waals surface area contributed by atoms with Gasteiger partial charge in [-0.1, -0.05) is 0 Å². The number of amides is 1. The second-order valence-corrected chi connectivity index (χ2v) is 5.35. The molecule has 0 heterocycles.